The number of carboxylic acids is 1. The maximum atomic E-state index is 11.7. The molecule has 0 radical (unpaired) electrons. The van der Waals surface area contributed by atoms with Crippen molar-refractivity contribution in [3.8, 4) is 5.75 Å². The molecular weight excluding hydrogens is 266 g/mol. The molecule has 1 aromatic carbocycles. The van der Waals surface area contributed by atoms with Gasteiger partial charge in [-0.2, -0.15) is 0 Å². The van der Waals surface area contributed by atoms with E-state index in [0.29, 0.717) is 0 Å². The summed E-state index contributed by atoms with van der Waals surface area (Å²) < 4.78 is 0. The Morgan fingerprint density at radius 2 is 1.85 bits per heavy atom. The van der Waals surface area contributed by atoms with Crippen LogP contribution in [0.1, 0.15) is 24.2 Å². The summed E-state index contributed by atoms with van der Waals surface area (Å²) in [5, 5.41) is 22.8. The fourth-order valence-corrected chi connectivity index (χ4v) is 1.29. The first kappa shape index (κ1) is 15.3. The Bertz CT molecular complexity index is 568. The molecule has 0 aliphatic carbocycles. The Balaban J connectivity index is 2.84. The number of phenols is 1. The fraction of sp³-hybridized carbons (Fsp3) is 0.250. The number of carbonyl (C=O) groups is 3. The second-order valence-electron chi connectivity index (χ2n) is 4.61. The summed E-state index contributed by atoms with van der Waals surface area (Å²) in [6.45, 7) is 2.85. The average Bonchev–Trinajstić information content (AvgIpc) is 2.30. The van der Waals surface area contributed by atoms with E-state index in [4.69, 9.17) is 10.8 Å². The third-order valence-corrected chi connectivity index (χ3v) is 2.53. The van der Waals surface area contributed by atoms with Crippen LogP contribution >= 0.6 is 0 Å². The number of benzene rings is 1. The van der Waals surface area contributed by atoms with Crippen LogP contribution in [0.2, 0.25) is 0 Å². The molecule has 0 fully saturated rings. The van der Waals surface area contributed by atoms with Gasteiger partial charge in [0.15, 0.2) is 0 Å². The van der Waals surface area contributed by atoms with Gasteiger partial charge in [-0.3, -0.25) is 4.79 Å². The van der Waals surface area contributed by atoms with Crippen LogP contribution in [-0.2, 0) is 4.79 Å². The van der Waals surface area contributed by atoms with Gasteiger partial charge in [0.1, 0.15) is 16.9 Å². The number of carbonyl (C=O) groups excluding carboxylic acids is 2. The second kappa shape index (κ2) is 5.47. The van der Waals surface area contributed by atoms with E-state index in [0.717, 1.165) is 12.1 Å². The number of amides is 3. The molecule has 0 saturated heterocycles. The van der Waals surface area contributed by atoms with Crippen molar-refractivity contribution in [3.63, 3.8) is 0 Å². The summed E-state index contributed by atoms with van der Waals surface area (Å²) in [6, 6.07) is 2.82. The van der Waals surface area contributed by atoms with E-state index >= 15 is 0 Å². The molecule has 0 atom stereocenters. The lowest BCUT2D eigenvalue weighted by Gasteiger charge is -2.22. The minimum Gasteiger partial charge on any atom is -0.507 e. The minimum atomic E-state index is -1.33. The molecule has 8 nitrogen and oxygen atoms in total. The Kier molecular flexibility index (Phi) is 4.18. The third-order valence-electron chi connectivity index (χ3n) is 2.53. The topological polar surface area (TPSA) is 142 Å². The molecule has 20 heavy (non-hydrogen) atoms. The zero-order valence-electron chi connectivity index (χ0n) is 10.9. The van der Waals surface area contributed by atoms with Gasteiger partial charge in [0, 0.05) is 5.69 Å². The fourth-order valence-electron chi connectivity index (χ4n) is 1.29. The molecular formula is C12H15N3O5. The number of aromatic hydroxyl groups is 1. The van der Waals surface area contributed by atoms with Gasteiger partial charge in [0.25, 0.3) is 0 Å². The summed E-state index contributed by atoms with van der Waals surface area (Å²) in [7, 11) is 0. The van der Waals surface area contributed by atoms with Crippen molar-refractivity contribution in [2.24, 2.45) is 5.73 Å². The highest BCUT2D eigenvalue weighted by atomic mass is 16.4. The lowest BCUT2D eigenvalue weighted by molar-refractivity contribution is -0.122. The number of anilines is 1. The molecule has 0 heterocycles. The molecule has 1 aromatic rings. The van der Waals surface area contributed by atoms with Crippen LogP contribution in [0.3, 0.4) is 0 Å². The van der Waals surface area contributed by atoms with Crippen LogP contribution in [0.5, 0.6) is 5.75 Å². The first-order valence-electron chi connectivity index (χ1n) is 5.59. The van der Waals surface area contributed by atoms with Crippen molar-refractivity contribution in [1.82, 2.24) is 5.32 Å². The molecule has 0 aliphatic heterocycles. The predicted molar refractivity (Wildman–Crippen MR) is 70.5 cm³/mol. The maximum absolute atomic E-state index is 11.7. The first-order chi connectivity index (χ1) is 9.13. The van der Waals surface area contributed by atoms with Gasteiger partial charge in [0.05, 0.1) is 0 Å². The van der Waals surface area contributed by atoms with Crippen molar-refractivity contribution in [2.45, 2.75) is 19.4 Å². The Hall–Kier alpha value is -2.77. The van der Waals surface area contributed by atoms with E-state index < -0.39 is 29.2 Å². The molecule has 0 spiro atoms. The summed E-state index contributed by atoms with van der Waals surface area (Å²) in [5.74, 6) is -2.46. The van der Waals surface area contributed by atoms with Gasteiger partial charge in [-0.1, -0.05) is 0 Å². The number of primary amides is 1. The number of hydrogen-bond donors (Lipinski definition) is 5. The van der Waals surface area contributed by atoms with Gasteiger partial charge in [-0.05, 0) is 32.0 Å². The van der Waals surface area contributed by atoms with Crippen molar-refractivity contribution < 1.29 is 24.6 Å². The van der Waals surface area contributed by atoms with Gasteiger partial charge in [0.2, 0.25) is 5.91 Å². The minimum absolute atomic E-state index is 0.151. The number of nitrogens with one attached hydrogen (secondary N) is 2. The Labute approximate surface area is 114 Å². The van der Waals surface area contributed by atoms with E-state index in [1.807, 2.05) is 0 Å². The van der Waals surface area contributed by atoms with Crippen molar-refractivity contribution in [3.05, 3.63) is 23.8 Å². The van der Waals surface area contributed by atoms with Gasteiger partial charge in [-0.25, -0.2) is 9.59 Å². The van der Waals surface area contributed by atoms with E-state index in [9.17, 15) is 19.5 Å². The largest absolute Gasteiger partial charge is 0.507 e. The summed E-state index contributed by atoms with van der Waals surface area (Å²) in [5.41, 5.74) is 3.65. The van der Waals surface area contributed by atoms with Crippen LogP contribution < -0.4 is 16.4 Å². The van der Waals surface area contributed by atoms with Crippen molar-refractivity contribution in [1.29, 1.82) is 0 Å². The van der Waals surface area contributed by atoms with Gasteiger partial charge < -0.3 is 26.6 Å². The lowest BCUT2D eigenvalue weighted by atomic mass is 10.1. The zero-order valence-corrected chi connectivity index (χ0v) is 10.9. The number of hydrogen-bond acceptors (Lipinski definition) is 4. The van der Waals surface area contributed by atoms with Crippen LogP contribution in [0.15, 0.2) is 18.2 Å². The molecule has 108 valence electrons. The molecule has 3 amide bonds. The number of nitrogens with two attached hydrogens (primary N) is 1. The third kappa shape index (κ3) is 3.61. The van der Waals surface area contributed by atoms with E-state index in [-0.39, 0.29) is 11.3 Å². The van der Waals surface area contributed by atoms with Crippen LogP contribution in [-0.4, -0.2) is 33.7 Å². The molecule has 0 aromatic heterocycles. The first-order valence-corrected chi connectivity index (χ1v) is 5.59. The maximum Gasteiger partial charge on any atom is 0.339 e. The van der Waals surface area contributed by atoms with Gasteiger partial charge >= 0.3 is 12.0 Å². The summed E-state index contributed by atoms with van der Waals surface area (Å²) in [4.78, 5) is 33.6. The normalized spacial score (nSPS) is 10.7. The summed E-state index contributed by atoms with van der Waals surface area (Å²) >= 11 is 0. The van der Waals surface area contributed by atoms with Crippen molar-refractivity contribution in [2.75, 3.05) is 5.32 Å². The monoisotopic (exact) mass is 281 g/mol. The Morgan fingerprint density at radius 3 is 2.35 bits per heavy atom. The standard InChI is InChI=1S/C12H15N3O5/c1-12(2,10(13)19)15-11(20)14-6-3-4-8(16)7(5-6)9(17)18/h3-5,16H,1-2H3,(H2,13,19)(H,17,18)(H2,14,15,20). The highest BCUT2D eigenvalue weighted by Gasteiger charge is 2.26. The Morgan fingerprint density at radius 1 is 1.25 bits per heavy atom. The van der Waals surface area contributed by atoms with Crippen LogP contribution in [0, 0.1) is 0 Å². The number of rotatable bonds is 4. The van der Waals surface area contributed by atoms with Crippen LogP contribution in [0.4, 0.5) is 10.5 Å². The highest BCUT2D eigenvalue weighted by Crippen LogP contribution is 2.21. The predicted octanol–water partition coefficient (Wildman–Crippen LogP) is 0.476. The molecule has 0 bridgehead atoms. The number of aromatic carboxylic acids is 1. The molecule has 6 N–H and O–H groups in total. The van der Waals surface area contributed by atoms with E-state index in [1.165, 1.54) is 19.9 Å². The second-order valence-corrected chi connectivity index (χ2v) is 4.61. The van der Waals surface area contributed by atoms with E-state index in [1.54, 1.807) is 0 Å². The smallest absolute Gasteiger partial charge is 0.339 e. The summed E-state index contributed by atoms with van der Waals surface area (Å²) in [6.07, 6.45) is 0. The molecule has 8 heteroatoms. The highest BCUT2D eigenvalue weighted by molar-refractivity contribution is 5.97. The SMILES string of the molecule is CC(C)(NC(=O)Nc1ccc(O)c(C(=O)O)c1)C(N)=O. The molecule has 1 rings (SSSR count). The number of urea groups is 1. The van der Waals surface area contributed by atoms with Crippen LogP contribution in [0.25, 0.3) is 0 Å². The zero-order chi connectivity index (χ0) is 15.5. The number of carboxylic acid groups (broad SMARTS) is 1. The quantitative estimate of drug-likeness (QED) is 0.510. The average molecular weight is 281 g/mol. The van der Waals surface area contributed by atoms with Crippen molar-refractivity contribution >= 4 is 23.6 Å². The lowest BCUT2D eigenvalue weighted by Crippen LogP contribution is -2.54. The molecule has 0 aliphatic rings. The van der Waals surface area contributed by atoms with Gasteiger partial charge in [-0.15, -0.1) is 0 Å². The molecule has 0 saturated carbocycles. The van der Waals surface area contributed by atoms with E-state index in [2.05, 4.69) is 10.6 Å². The molecule has 0 unspecified atom stereocenters.